The van der Waals surface area contributed by atoms with Gasteiger partial charge in [-0.1, -0.05) is 55.5 Å². The summed E-state index contributed by atoms with van der Waals surface area (Å²) in [6.45, 7) is -0.877. The molecule has 0 atom stereocenters. The Kier molecular flexibility index (Phi) is 5.50. The Morgan fingerprint density at radius 3 is 2.00 bits per heavy atom. The highest BCUT2D eigenvalue weighted by atomic mass is 19.3. The van der Waals surface area contributed by atoms with Crippen LogP contribution in [0.1, 0.15) is 22.8 Å². The lowest BCUT2D eigenvalue weighted by Gasteiger charge is -2.11. The Morgan fingerprint density at radius 2 is 1.48 bits per heavy atom. The minimum Gasteiger partial charge on any atom is -0.478 e. The maximum Gasteiger partial charge on any atom is 0.387 e. The minimum atomic E-state index is -2.97. The van der Waals surface area contributed by atoms with Gasteiger partial charge in [-0.05, 0) is 52.4 Å². The first-order chi connectivity index (χ1) is 13.0. The molecule has 1 N–H and O–H groups in total. The van der Waals surface area contributed by atoms with E-state index in [1.807, 2.05) is 24.3 Å². The maximum absolute atomic E-state index is 12.5. The van der Waals surface area contributed by atoms with E-state index in [2.05, 4.69) is 23.8 Å². The quantitative estimate of drug-likeness (QED) is 0.591. The zero-order valence-electron chi connectivity index (χ0n) is 14.7. The van der Waals surface area contributed by atoms with Crippen molar-refractivity contribution < 1.29 is 23.4 Å². The molecule has 0 bridgehead atoms. The minimum absolute atomic E-state index is 0.0247. The van der Waals surface area contributed by atoms with Gasteiger partial charge in [0.2, 0.25) is 0 Å². The molecule has 0 aliphatic carbocycles. The Labute approximate surface area is 155 Å². The fourth-order valence-electron chi connectivity index (χ4n) is 2.90. The first kappa shape index (κ1) is 18.6. The Morgan fingerprint density at radius 1 is 0.926 bits per heavy atom. The van der Waals surface area contributed by atoms with Crippen LogP contribution in [0.5, 0.6) is 5.75 Å². The number of benzene rings is 3. The van der Waals surface area contributed by atoms with Crippen molar-refractivity contribution in [3.63, 3.8) is 0 Å². The number of ether oxygens (including phenoxy) is 1. The highest BCUT2D eigenvalue weighted by Gasteiger charge is 2.15. The molecule has 3 nitrogen and oxygen atoms in total. The monoisotopic (exact) mass is 368 g/mol. The molecule has 0 saturated carbocycles. The molecule has 0 amide bonds. The molecule has 0 fully saturated rings. The number of hydrogen-bond acceptors (Lipinski definition) is 2. The van der Waals surface area contributed by atoms with E-state index < -0.39 is 12.6 Å². The van der Waals surface area contributed by atoms with Crippen LogP contribution in [0.3, 0.4) is 0 Å². The number of rotatable bonds is 6. The smallest absolute Gasteiger partial charge is 0.387 e. The summed E-state index contributed by atoms with van der Waals surface area (Å²) in [5.41, 5.74) is 4.24. The number of carbonyl (C=O) groups is 1. The van der Waals surface area contributed by atoms with Gasteiger partial charge in [-0.15, -0.1) is 0 Å². The van der Waals surface area contributed by atoms with Crippen LogP contribution in [0.25, 0.3) is 22.3 Å². The third-order valence-electron chi connectivity index (χ3n) is 4.34. The Hall–Kier alpha value is -3.21. The second kappa shape index (κ2) is 7.99. The average molecular weight is 368 g/mol. The van der Waals surface area contributed by atoms with Gasteiger partial charge in [0.15, 0.2) is 0 Å². The van der Waals surface area contributed by atoms with Gasteiger partial charge >= 0.3 is 12.6 Å². The van der Waals surface area contributed by atoms with Crippen LogP contribution in [0.4, 0.5) is 8.78 Å². The van der Waals surface area contributed by atoms with Crippen molar-refractivity contribution in [1.29, 1.82) is 0 Å². The van der Waals surface area contributed by atoms with Crippen molar-refractivity contribution in [3.05, 3.63) is 77.9 Å². The second-order valence-electron chi connectivity index (χ2n) is 6.02. The van der Waals surface area contributed by atoms with Crippen LogP contribution in [0.15, 0.2) is 66.7 Å². The van der Waals surface area contributed by atoms with E-state index in [0.717, 1.165) is 17.5 Å². The van der Waals surface area contributed by atoms with E-state index in [4.69, 9.17) is 0 Å². The number of carboxylic acid groups (broad SMARTS) is 1. The highest BCUT2D eigenvalue weighted by Crippen LogP contribution is 2.31. The fourth-order valence-corrected chi connectivity index (χ4v) is 2.90. The SMILES string of the molecule is CCc1ccc(-c2ccc(-c3cc(OC(F)F)ccc3C(=O)O)cc2)cc1. The number of hydrogen-bond donors (Lipinski definition) is 1. The third kappa shape index (κ3) is 4.31. The standard InChI is InChI=1S/C22H18F2O3/c1-2-14-3-5-15(6-4-14)16-7-9-17(10-8-16)20-13-18(27-22(23)24)11-12-19(20)21(25)26/h3-13,22H,2H2,1H3,(H,25,26). The predicted octanol–water partition coefficient (Wildman–Crippen LogP) is 5.88. The topological polar surface area (TPSA) is 46.5 Å². The van der Waals surface area contributed by atoms with Crippen molar-refractivity contribution in [1.82, 2.24) is 0 Å². The molecule has 0 aromatic heterocycles. The zero-order valence-corrected chi connectivity index (χ0v) is 14.7. The summed E-state index contributed by atoms with van der Waals surface area (Å²) in [6, 6.07) is 19.3. The third-order valence-corrected chi connectivity index (χ3v) is 4.34. The van der Waals surface area contributed by atoms with Crippen molar-refractivity contribution in [2.45, 2.75) is 20.0 Å². The lowest BCUT2D eigenvalue weighted by molar-refractivity contribution is -0.0498. The van der Waals surface area contributed by atoms with Crippen LogP contribution in [-0.2, 0) is 6.42 Å². The van der Waals surface area contributed by atoms with Gasteiger partial charge in [-0.25, -0.2) is 4.79 Å². The van der Waals surface area contributed by atoms with E-state index in [1.54, 1.807) is 12.1 Å². The van der Waals surface area contributed by atoms with Crippen LogP contribution in [0, 0.1) is 0 Å². The lowest BCUT2D eigenvalue weighted by atomic mass is 9.96. The molecule has 0 spiro atoms. The molecular weight excluding hydrogens is 350 g/mol. The van der Waals surface area contributed by atoms with Crippen molar-refractivity contribution in [3.8, 4) is 28.0 Å². The van der Waals surface area contributed by atoms with Crippen molar-refractivity contribution in [2.24, 2.45) is 0 Å². The summed E-state index contributed by atoms with van der Waals surface area (Å²) < 4.78 is 29.3. The Balaban J connectivity index is 1.96. The molecule has 5 heteroatoms. The number of aryl methyl sites for hydroxylation is 1. The zero-order chi connectivity index (χ0) is 19.4. The molecule has 0 saturated heterocycles. The van der Waals surface area contributed by atoms with E-state index >= 15 is 0 Å². The van der Waals surface area contributed by atoms with Crippen LogP contribution in [0.2, 0.25) is 0 Å². The normalized spacial score (nSPS) is 10.8. The summed E-state index contributed by atoms with van der Waals surface area (Å²) in [6.07, 6.45) is 0.966. The molecular formula is C22H18F2O3. The van der Waals surface area contributed by atoms with Gasteiger partial charge in [-0.2, -0.15) is 8.78 Å². The highest BCUT2D eigenvalue weighted by molar-refractivity contribution is 5.96. The van der Waals surface area contributed by atoms with Gasteiger partial charge in [0.05, 0.1) is 5.56 Å². The van der Waals surface area contributed by atoms with Gasteiger partial charge in [0.1, 0.15) is 5.75 Å². The van der Waals surface area contributed by atoms with Crippen LogP contribution in [-0.4, -0.2) is 17.7 Å². The molecule has 3 aromatic rings. The second-order valence-corrected chi connectivity index (χ2v) is 6.02. The van der Waals surface area contributed by atoms with E-state index in [9.17, 15) is 18.7 Å². The largest absolute Gasteiger partial charge is 0.478 e. The number of alkyl halides is 2. The predicted molar refractivity (Wildman–Crippen MR) is 100 cm³/mol. The maximum atomic E-state index is 12.5. The summed E-state index contributed by atoms with van der Waals surface area (Å²) in [5, 5.41) is 9.39. The molecule has 0 aliphatic heterocycles. The number of carboxylic acids is 1. The summed E-state index contributed by atoms with van der Waals surface area (Å²) in [7, 11) is 0. The lowest BCUT2D eigenvalue weighted by Crippen LogP contribution is -2.04. The van der Waals surface area contributed by atoms with Gasteiger partial charge in [0, 0.05) is 0 Å². The molecule has 3 rings (SSSR count). The van der Waals surface area contributed by atoms with Crippen LogP contribution < -0.4 is 4.74 Å². The number of aromatic carboxylic acids is 1. The summed E-state index contributed by atoms with van der Waals surface area (Å²) >= 11 is 0. The number of halogens is 2. The van der Waals surface area contributed by atoms with Crippen LogP contribution >= 0.6 is 0 Å². The van der Waals surface area contributed by atoms with Crippen molar-refractivity contribution >= 4 is 5.97 Å². The summed E-state index contributed by atoms with van der Waals surface area (Å²) in [4.78, 5) is 11.5. The molecule has 3 aromatic carbocycles. The molecule has 0 unspecified atom stereocenters. The first-order valence-corrected chi connectivity index (χ1v) is 8.50. The Bertz CT molecular complexity index is 933. The molecule has 138 valence electrons. The fraction of sp³-hybridized carbons (Fsp3) is 0.136. The van der Waals surface area contributed by atoms with E-state index in [1.165, 1.54) is 23.8 Å². The first-order valence-electron chi connectivity index (χ1n) is 8.50. The molecule has 27 heavy (non-hydrogen) atoms. The van der Waals surface area contributed by atoms with E-state index in [-0.39, 0.29) is 11.3 Å². The van der Waals surface area contributed by atoms with Gasteiger partial charge < -0.3 is 9.84 Å². The van der Waals surface area contributed by atoms with Gasteiger partial charge in [0.25, 0.3) is 0 Å². The van der Waals surface area contributed by atoms with E-state index in [0.29, 0.717) is 11.1 Å². The van der Waals surface area contributed by atoms with Crippen molar-refractivity contribution in [2.75, 3.05) is 0 Å². The average Bonchev–Trinajstić information content (AvgIpc) is 2.67. The molecule has 0 aliphatic rings. The summed E-state index contributed by atoms with van der Waals surface area (Å²) in [5.74, 6) is -1.21. The molecule has 0 heterocycles. The molecule has 0 radical (unpaired) electrons. The van der Waals surface area contributed by atoms with Gasteiger partial charge in [-0.3, -0.25) is 0 Å².